The van der Waals surface area contributed by atoms with Crippen LogP contribution >= 0.6 is 11.3 Å². The Morgan fingerprint density at radius 2 is 1.96 bits per heavy atom. The third-order valence-corrected chi connectivity index (χ3v) is 6.75. The Morgan fingerprint density at radius 1 is 1.16 bits per heavy atom. The number of aryl methyl sites for hydroxylation is 2. The maximum absolute atomic E-state index is 12.9. The molecule has 0 bridgehead atoms. The quantitative estimate of drug-likeness (QED) is 0.750. The molecule has 0 saturated carbocycles. The zero-order valence-corrected chi connectivity index (χ0v) is 15.6. The van der Waals surface area contributed by atoms with E-state index in [0.717, 1.165) is 43.0 Å². The summed E-state index contributed by atoms with van der Waals surface area (Å²) in [7, 11) is 1.69. The monoisotopic (exact) mass is 355 g/mol. The Morgan fingerprint density at radius 3 is 2.76 bits per heavy atom. The van der Waals surface area contributed by atoms with Crippen molar-refractivity contribution in [2.45, 2.75) is 44.4 Å². The van der Waals surface area contributed by atoms with Gasteiger partial charge in [-0.2, -0.15) is 0 Å². The fourth-order valence-electron chi connectivity index (χ4n) is 4.02. The fraction of sp³-hybridized carbons (Fsp3) is 0.476. The molecule has 0 radical (unpaired) electrons. The standard InChI is InChI=1S/C21H25NO2S/c1-24-18-9-7-15(8-10-18)17-11-12-22(14-17)21(23)20-13-16-5-3-2-4-6-19(16)25-20/h7-10,13,17H,2-6,11-12,14H2,1H3. The molecule has 1 aliphatic carbocycles. The first-order valence-corrected chi connectivity index (χ1v) is 10.1. The average molecular weight is 356 g/mol. The summed E-state index contributed by atoms with van der Waals surface area (Å²) >= 11 is 1.74. The lowest BCUT2D eigenvalue weighted by Gasteiger charge is -2.16. The Bertz CT molecular complexity index is 726. The van der Waals surface area contributed by atoms with Crippen molar-refractivity contribution in [3.05, 3.63) is 51.2 Å². The lowest BCUT2D eigenvalue weighted by molar-refractivity contribution is 0.0795. The molecule has 3 nitrogen and oxygen atoms in total. The van der Waals surface area contributed by atoms with Crippen molar-refractivity contribution < 1.29 is 9.53 Å². The predicted octanol–water partition coefficient (Wildman–Crippen LogP) is 4.66. The van der Waals surface area contributed by atoms with Crippen molar-refractivity contribution in [2.24, 2.45) is 0 Å². The molecule has 1 aliphatic heterocycles. The highest BCUT2D eigenvalue weighted by Crippen LogP contribution is 2.33. The Hall–Kier alpha value is -1.81. The van der Waals surface area contributed by atoms with Gasteiger partial charge in [0.2, 0.25) is 0 Å². The minimum absolute atomic E-state index is 0.231. The third-order valence-electron chi connectivity index (χ3n) is 5.52. The Balaban J connectivity index is 1.45. The molecule has 2 heterocycles. The van der Waals surface area contributed by atoms with E-state index >= 15 is 0 Å². The van der Waals surface area contributed by atoms with Crippen molar-refractivity contribution in [3.63, 3.8) is 0 Å². The first-order valence-electron chi connectivity index (χ1n) is 9.29. The number of fused-ring (bicyclic) bond motifs is 1. The van der Waals surface area contributed by atoms with Gasteiger partial charge in [0, 0.05) is 23.9 Å². The van der Waals surface area contributed by atoms with Gasteiger partial charge in [0.15, 0.2) is 0 Å². The largest absolute Gasteiger partial charge is 0.497 e. The number of rotatable bonds is 3. The second-order valence-electron chi connectivity index (χ2n) is 7.13. The van der Waals surface area contributed by atoms with Crippen LogP contribution in [-0.2, 0) is 12.8 Å². The van der Waals surface area contributed by atoms with Gasteiger partial charge in [-0.05, 0) is 61.4 Å². The molecular weight excluding hydrogens is 330 g/mol. The van der Waals surface area contributed by atoms with E-state index in [1.54, 1.807) is 18.4 Å². The fourth-order valence-corrected chi connectivity index (χ4v) is 5.24. The lowest BCUT2D eigenvalue weighted by Crippen LogP contribution is -2.27. The number of nitrogens with zero attached hydrogens (tertiary/aromatic N) is 1. The van der Waals surface area contributed by atoms with E-state index in [1.165, 1.54) is 35.3 Å². The van der Waals surface area contributed by atoms with Crippen LogP contribution in [0.4, 0.5) is 0 Å². The summed E-state index contributed by atoms with van der Waals surface area (Å²) in [6, 6.07) is 10.5. The van der Waals surface area contributed by atoms with Gasteiger partial charge in [0.05, 0.1) is 12.0 Å². The van der Waals surface area contributed by atoms with E-state index < -0.39 is 0 Å². The first-order chi connectivity index (χ1) is 12.2. The molecule has 4 rings (SSSR count). The SMILES string of the molecule is COc1ccc(C2CCN(C(=O)c3cc4c(s3)CCCCC4)C2)cc1. The van der Waals surface area contributed by atoms with Gasteiger partial charge < -0.3 is 9.64 Å². The van der Waals surface area contributed by atoms with Crippen LogP contribution in [0, 0.1) is 0 Å². The molecule has 2 aliphatic rings. The third kappa shape index (κ3) is 3.45. The van der Waals surface area contributed by atoms with Crippen molar-refractivity contribution in [3.8, 4) is 5.75 Å². The van der Waals surface area contributed by atoms with Crippen LogP contribution in [0.1, 0.15) is 57.3 Å². The minimum atomic E-state index is 0.231. The van der Waals surface area contributed by atoms with Crippen molar-refractivity contribution in [2.75, 3.05) is 20.2 Å². The van der Waals surface area contributed by atoms with Crippen LogP contribution in [0.25, 0.3) is 0 Å². The van der Waals surface area contributed by atoms with Crippen LogP contribution in [0.3, 0.4) is 0 Å². The van der Waals surface area contributed by atoms with Crippen LogP contribution in [0.5, 0.6) is 5.75 Å². The summed E-state index contributed by atoms with van der Waals surface area (Å²) in [6.45, 7) is 1.69. The zero-order valence-electron chi connectivity index (χ0n) is 14.8. The minimum Gasteiger partial charge on any atom is -0.497 e. The van der Waals surface area contributed by atoms with Gasteiger partial charge in [-0.3, -0.25) is 4.79 Å². The number of carbonyl (C=O) groups excluding carboxylic acids is 1. The Kier molecular flexibility index (Phi) is 4.80. The maximum Gasteiger partial charge on any atom is 0.263 e. The second kappa shape index (κ2) is 7.20. The number of ether oxygens (including phenoxy) is 1. The van der Waals surface area contributed by atoms with Crippen molar-refractivity contribution in [1.29, 1.82) is 0 Å². The van der Waals surface area contributed by atoms with E-state index in [1.807, 2.05) is 17.0 Å². The highest BCUT2D eigenvalue weighted by molar-refractivity contribution is 7.14. The number of hydrogen-bond acceptors (Lipinski definition) is 3. The number of likely N-dealkylation sites (tertiary alicyclic amines) is 1. The van der Waals surface area contributed by atoms with Gasteiger partial charge in [-0.15, -0.1) is 11.3 Å². The number of hydrogen-bond donors (Lipinski definition) is 0. The lowest BCUT2D eigenvalue weighted by atomic mass is 9.98. The molecule has 1 fully saturated rings. The van der Waals surface area contributed by atoms with E-state index in [2.05, 4.69) is 18.2 Å². The number of methoxy groups -OCH3 is 1. The molecule has 0 N–H and O–H groups in total. The topological polar surface area (TPSA) is 29.5 Å². The highest BCUT2D eigenvalue weighted by Gasteiger charge is 2.29. The molecule has 25 heavy (non-hydrogen) atoms. The van der Waals surface area contributed by atoms with Crippen molar-refractivity contribution >= 4 is 17.2 Å². The van der Waals surface area contributed by atoms with Crippen LogP contribution in [-0.4, -0.2) is 31.0 Å². The highest BCUT2D eigenvalue weighted by atomic mass is 32.1. The van der Waals surface area contributed by atoms with Gasteiger partial charge in [-0.25, -0.2) is 0 Å². The number of carbonyl (C=O) groups is 1. The summed E-state index contributed by atoms with van der Waals surface area (Å²) in [4.78, 5) is 17.4. The summed E-state index contributed by atoms with van der Waals surface area (Å²) < 4.78 is 5.23. The summed E-state index contributed by atoms with van der Waals surface area (Å²) in [6.07, 6.45) is 7.20. The predicted molar refractivity (Wildman–Crippen MR) is 102 cm³/mol. The van der Waals surface area contributed by atoms with Gasteiger partial charge in [0.1, 0.15) is 5.75 Å². The van der Waals surface area contributed by atoms with Gasteiger partial charge >= 0.3 is 0 Å². The van der Waals surface area contributed by atoms with E-state index in [4.69, 9.17) is 4.74 Å². The molecule has 4 heteroatoms. The summed E-state index contributed by atoms with van der Waals surface area (Å²) in [5.41, 5.74) is 2.73. The van der Waals surface area contributed by atoms with Crippen LogP contribution in [0.2, 0.25) is 0 Å². The molecular formula is C21H25NO2S. The molecule has 1 amide bonds. The van der Waals surface area contributed by atoms with Gasteiger partial charge in [0.25, 0.3) is 5.91 Å². The molecule has 2 aromatic rings. The molecule has 1 aromatic heterocycles. The summed E-state index contributed by atoms with van der Waals surface area (Å²) in [5.74, 6) is 1.55. The van der Waals surface area contributed by atoms with E-state index in [0.29, 0.717) is 5.92 Å². The zero-order chi connectivity index (χ0) is 17.2. The normalized spacial score (nSPS) is 20.2. The van der Waals surface area contributed by atoms with Crippen LogP contribution < -0.4 is 4.74 Å². The first kappa shape index (κ1) is 16.6. The van der Waals surface area contributed by atoms with E-state index in [-0.39, 0.29) is 5.91 Å². The summed E-state index contributed by atoms with van der Waals surface area (Å²) in [5, 5.41) is 0. The van der Waals surface area contributed by atoms with Crippen molar-refractivity contribution in [1.82, 2.24) is 4.90 Å². The van der Waals surface area contributed by atoms with Crippen LogP contribution in [0.15, 0.2) is 30.3 Å². The molecule has 132 valence electrons. The van der Waals surface area contributed by atoms with E-state index in [9.17, 15) is 4.79 Å². The molecule has 1 saturated heterocycles. The molecule has 1 unspecified atom stereocenters. The second-order valence-corrected chi connectivity index (χ2v) is 8.27. The number of amides is 1. The van der Waals surface area contributed by atoms with Gasteiger partial charge in [-0.1, -0.05) is 18.6 Å². The maximum atomic E-state index is 12.9. The molecule has 1 aromatic carbocycles. The Labute approximate surface area is 153 Å². The average Bonchev–Trinajstić information content (AvgIpc) is 3.24. The molecule has 1 atom stereocenters. The smallest absolute Gasteiger partial charge is 0.263 e. The number of benzene rings is 1. The molecule has 0 spiro atoms. The number of thiophene rings is 1.